The number of esters is 1. The van der Waals surface area contributed by atoms with Crippen molar-refractivity contribution in [2.45, 2.75) is 49.4 Å². The number of carbonyl (C=O) groups is 2. The number of rotatable bonds is 8. The summed E-state index contributed by atoms with van der Waals surface area (Å²) in [6.07, 6.45) is 1.75. The fourth-order valence-electron chi connectivity index (χ4n) is 3.63. The highest BCUT2D eigenvalue weighted by Crippen LogP contribution is 2.25. The normalized spacial score (nSPS) is 16.6. The molecule has 174 valence electrons. The number of amides is 1. The molecule has 10 heteroatoms. The molecule has 1 aliphatic rings. The summed E-state index contributed by atoms with van der Waals surface area (Å²) in [7, 11) is 1.30. The minimum absolute atomic E-state index is 0.0707. The molecule has 3 heterocycles. The molecule has 33 heavy (non-hydrogen) atoms. The fourth-order valence-corrected chi connectivity index (χ4v) is 5.22. The lowest BCUT2D eigenvalue weighted by Crippen LogP contribution is -2.32. The second-order valence-corrected chi connectivity index (χ2v) is 10.1. The maximum Gasteiger partial charge on any atom is 0.337 e. The van der Waals surface area contributed by atoms with E-state index in [0.717, 1.165) is 17.7 Å². The standard InChI is InChI=1S/C23H25N3O5S2/c1-14(20(27)24-12-17-6-4-10-32-17)33-23-25-19-11-15(22(29)30-2)7-8-18(19)21(28)26(23)13-16-5-3-9-31-16/h4,6-8,10-11,14,16H,3,5,9,12-13H2,1-2H3,(H,24,27). The summed E-state index contributed by atoms with van der Waals surface area (Å²) in [6, 6.07) is 8.60. The van der Waals surface area contributed by atoms with Crippen LogP contribution in [-0.4, -0.2) is 46.5 Å². The van der Waals surface area contributed by atoms with Crippen molar-refractivity contribution in [3.8, 4) is 0 Å². The minimum Gasteiger partial charge on any atom is -0.465 e. The average Bonchev–Trinajstić information content (AvgIpc) is 3.53. The van der Waals surface area contributed by atoms with Gasteiger partial charge in [0.15, 0.2) is 5.16 Å². The average molecular weight is 488 g/mol. The highest BCUT2D eigenvalue weighted by atomic mass is 32.2. The zero-order chi connectivity index (χ0) is 23.4. The molecular weight excluding hydrogens is 462 g/mol. The number of ether oxygens (including phenoxy) is 2. The first-order chi connectivity index (χ1) is 16.0. The van der Waals surface area contributed by atoms with Crippen molar-refractivity contribution < 1.29 is 19.1 Å². The number of thiophene rings is 1. The fraction of sp³-hybridized carbons (Fsp3) is 0.391. The quantitative estimate of drug-likeness (QED) is 0.296. The van der Waals surface area contributed by atoms with Gasteiger partial charge in [-0.15, -0.1) is 11.3 Å². The van der Waals surface area contributed by atoms with E-state index in [-0.39, 0.29) is 17.6 Å². The van der Waals surface area contributed by atoms with Crippen LogP contribution in [0.25, 0.3) is 10.9 Å². The molecule has 1 amide bonds. The molecule has 1 N–H and O–H groups in total. The molecule has 4 rings (SSSR count). The van der Waals surface area contributed by atoms with E-state index in [0.29, 0.717) is 41.3 Å². The van der Waals surface area contributed by atoms with Crippen LogP contribution >= 0.6 is 23.1 Å². The molecule has 2 atom stereocenters. The van der Waals surface area contributed by atoms with Crippen LogP contribution in [0.4, 0.5) is 0 Å². The Hall–Kier alpha value is -2.69. The number of thioether (sulfide) groups is 1. The first-order valence-electron chi connectivity index (χ1n) is 10.7. The van der Waals surface area contributed by atoms with Gasteiger partial charge in [0.2, 0.25) is 5.91 Å². The van der Waals surface area contributed by atoms with Crippen molar-refractivity contribution in [2.24, 2.45) is 0 Å². The van der Waals surface area contributed by atoms with Crippen molar-refractivity contribution in [3.63, 3.8) is 0 Å². The maximum absolute atomic E-state index is 13.4. The second kappa shape index (κ2) is 10.5. The summed E-state index contributed by atoms with van der Waals surface area (Å²) in [4.78, 5) is 43.8. The van der Waals surface area contributed by atoms with E-state index in [4.69, 9.17) is 9.47 Å². The van der Waals surface area contributed by atoms with Gasteiger partial charge in [-0.25, -0.2) is 9.78 Å². The van der Waals surface area contributed by atoms with Crippen molar-refractivity contribution in [2.75, 3.05) is 13.7 Å². The van der Waals surface area contributed by atoms with Crippen LogP contribution < -0.4 is 10.9 Å². The molecule has 1 aliphatic heterocycles. The maximum atomic E-state index is 13.4. The van der Waals surface area contributed by atoms with Crippen LogP contribution in [-0.2, 0) is 27.4 Å². The third-order valence-corrected chi connectivity index (χ3v) is 7.39. The van der Waals surface area contributed by atoms with Gasteiger partial charge in [0.1, 0.15) is 0 Å². The van der Waals surface area contributed by atoms with Gasteiger partial charge in [0.25, 0.3) is 5.56 Å². The lowest BCUT2D eigenvalue weighted by atomic mass is 10.1. The Morgan fingerprint density at radius 2 is 2.24 bits per heavy atom. The predicted molar refractivity (Wildman–Crippen MR) is 128 cm³/mol. The Morgan fingerprint density at radius 1 is 1.39 bits per heavy atom. The summed E-state index contributed by atoms with van der Waals surface area (Å²) < 4.78 is 12.1. The van der Waals surface area contributed by atoms with Gasteiger partial charge in [-0.2, -0.15) is 0 Å². The first-order valence-corrected chi connectivity index (χ1v) is 12.4. The van der Waals surface area contributed by atoms with Gasteiger partial charge in [0, 0.05) is 11.5 Å². The molecular formula is C23H25N3O5S2. The third-order valence-electron chi connectivity index (χ3n) is 5.42. The number of fused-ring (bicyclic) bond motifs is 1. The summed E-state index contributed by atoms with van der Waals surface area (Å²) in [5.74, 6) is -0.646. The molecule has 0 aliphatic carbocycles. The Balaban J connectivity index is 1.64. The highest BCUT2D eigenvalue weighted by Gasteiger charge is 2.23. The lowest BCUT2D eigenvalue weighted by Gasteiger charge is -2.18. The number of nitrogens with one attached hydrogen (secondary N) is 1. The van der Waals surface area contributed by atoms with Crippen LogP contribution in [0.5, 0.6) is 0 Å². The number of nitrogens with zero attached hydrogens (tertiary/aromatic N) is 2. The van der Waals surface area contributed by atoms with E-state index in [1.807, 2.05) is 17.5 Å². The number of hydrogen-bond donors (Lipinski definition) is 1. The van der Waals surface area contributed by atoms with Crippen LogP contribution in [0.15, 0.2) is 45.7 Å². The van der Waals surface area contributed by atoms with Crippen molar-refractivity contribution >= 4 is 45.9 Å². The topological polar surface area (TPSA) is 99.5 Å². The molecule has 2 aromatic heterocycles. The molecule has 1 aromatic carbocycles. The number of hydrogen-bond acceptors (Lipinski definition) is 8. The monoisotopic (exact) mass is 487 g/mol. The Bertz CT molecular complexity index is 1200. The highest BCUT2D eigenvalue weighted by molar-refractivity contribution is 8.00. The van der Waals surface area contributed by atoms with E-state index in [9.17, 15) is 14.4 Å². The molecule has 0 bridgehead atoms. The molecule has 8 nitrogen and oxygen atoms in total. The van der Waals surface area contributed by atoms with E-state index < -0.39 is 11.2 Å². The molecule has 0 radical (unpaired) electrons. The van der Waals surface area contributed by atoms with Gasteiger partial charge >= 0.3 is 5.97 Å². The van der Waals surface area contributed by atoms with Crippen LogP contribution in [0, 0.1) is 0 Å². The largest absolute Gasteiger partial charge is 0.465 e. The molecule has 3 aromatic rings. The van der Waals surface area contributed by atoms with E-state index in [1.165, 1.54) is 18.9 Å². The van der Waals surface area contributed by atoms with Crippen molar-refractivity contribution in [1.82, 2.24) is 14.9 Å². The molecule has 0 spiro atoms. The molecule has 1 saturated heterocycles. The van der Waals surface area contributed by atoms with Gasteiger partial charge < -0.3 is 14.8 Å². The van der Waals surface area contributed by atoms with Crippen LogP contribution in [0.2, 0.25) is 0 Å². The number of aromatic nitrogens is 2. The van der Waals surface area contributed by atoms with E-state index >= 15 is 0 Å². The second-order valence-electron chi connectivity index (χ2n) is 7.73. The number of carbonyl (C=O) groups excluding carboxylic acids is 2. The number of methoxy groups -OCH3 is 1. The van der Waals surface area contributed by atoms with Gasteiger partial charge in [-0.3, -0.25) is 14.2 Å². The summed E-state index contributed by atoms with van der Waals surface area (Å²) in [5.41, 5.74) is 0.479. The van der Waals surface area contributed by atoms with Crippen molar-refractivity contribution in [1.29, 1.82) is 0 Å². The third kappa shape index (κ3) is 5.45. The Labute approximate surface area is 199 Å². The van der Waals surface area contributed by atoms with Gasteiger partial charge in [-0.05, 0) is 49.4 Å². The first kappa shape index (κ1) is 23.5. The zero-order valence-corrected chi connectivity index (χ0v) is 20.0. The lowest BCUT2D eigenvalue weighted by molar-refractivity contribution is -0.120. The van der Waals surface area contributed by atoms with Crippen LogP contribution in [0.1, 0.15) is 35.0 Å². The SMILES string of the molecule is COC(=O)c1ccc2c(=O)n(CC3CCCO3)c(SC(C)C(=O)NCc3cccs3)nc2c1. The molecule has 1 fully saturated rings. The zero-order valence-electron chi connectivity index (χ0n) is 18.4. The Kier molecular flexibility index (Phi) is 7.46. The van der Waals surface area contributed by atoms with Crippen LogP contribution in [0.3, 0.4) is 0 Å². The smallest absolute Gasteiger partial charge is 0.337 e. The van der Waals surface area contributed by atoms with E-state index in [2.05, 4.69) is 10.3 Å². The summed E-state index contributed by atoms with van der Waals surface area (Å²) in [6.45, 7) is 3.28. The summed E-state index contributed by atoms with van der Waals surface area (Å²) >= 11 is 2.80. The molecule has 2 unspecified atom stereocenters. The predicted octanol–water partition coefficient (Wildman–Crippen LogP) is 3.22. The number of benzene rings is 1. The minimum atomic E-state index is -0.502. The van der Waals surface area contributed by atoms with Gasteiger partial charge in [0.05, 0.1) is 48.0 Å². The molecule has 0 saturated carbocycles. The van der Waals surface area contributed by atoms with E-state index in [1.54, 1.807) is 41.0 Å². The van der Waals surface area contributed by atoms with Crippen molar-refractivity contribution in [3.05, 3.63) is 56.5 Å². The Morgan fingerprint density at radius 3 is 2.94 bits per heavy atom. The summed E-state index contributed by atoms with van der Waals surface area (Å²) in [5, 5.41) is 5.24. The van der Waals surface area contributed by atoms with Gasteiger partial charge in [-0.1, -0.05) is 17.8 Å².